The van der Waals surface area contributed by atoms with E-state index in [9.17, 15) is 9.59 Å². The normalized spacial score (nSPS) is 14.5. The highest BCUT2D eigenvalue weighted by Gasteiger charge is 2.19. The maximum atomic E-state index is 13.2. The minimum Gasteiger partial charge on any atom is -0.444 e. The quantitative estimate of drug-likeness (QED) is 0.360. The number of benzene rings is 2. The molecule has 0 unspecified atom stereocenters. The van der Waals surface area contributed by atoms with E-state index in [4.69, 9.17) is 4.74 Å². The van der Waals surface area contributed by atoms with Gasteiger partial charge in [-0.15, -0.1) is 11.3 Å². The van der Waals surface area contributed by atoms with Gasteiger partial charge in [0.25, 0.3) is 0 Å². The third kappa shape index (κ3) is 7.26. The van der Waals surface area contributed by atoms with Crippen LogP contribution in [-0.4, -0.2) is 30.6 Å². The lowest BCUT2D eigenvalue weighted by atomic mass is 9.90. The van der Waals surface area contributed by atoms with Crippen LogP contribution in [0.1, 0.15) is 55.1 Å². The van der Waals surface area contributed by atoms with Gasteiger partial charge in [-0.2, -0.15) is 0 Å². The number of Topliss-reactive ketones (excluding diaryl/α,β-unsaturated/α-hetero) is 1. The molecule has 0 atom stereocenters. The fraction of sp³-hybridized carbons (Fsp3) is 0.379. The van der Waals surface area contributed by atoms with Crippen molar-refractivity contribution in [3.8, 4) is 10.4 Å². The molecule has 1 amide bonds. The molecule has 1 aliphatic heterocycles. The number of amides is 1. The summed E-state index contributed by atoms with van der Waals surface area (Å²) in [4.78, 5) is 26.8. The van der Waals surface area contributed by atoms with Crippen molar-refractivity contribution < 1.29 is 14.3 Å². The van der Waals surface area contributed by atoms with Crippen LogP contribution in [0, 0.1) is 5.92 Å². The van der Waals surface area contributed by atoms with E-state index in [0.717, 1.165) is 35.5 Å². The van der Waals surface area contributed by atoms with Gasteiger partial charge in [-0.3, -0.25) is 10.1 Å². The molecule has 0 bridgehead atoms. The van der Waals surface area contributed by atoms with Gasteiger partial charge < -0.3 is 10.1 Å². The van der Waals surface area contributed by atoms with Crippen molar-refractivity contribution in [1.82, 2.24) is 5.32 Å². The van der Waals surface area contributed by atoms with Gasteiger partial charge in [0.2, 0.25) is 0 Å². The van der Waals surface area contributed by atoms with Crippen molar-refractivity contribution in [2.75, 3.05) is 18.4 Å². The van der Waals surface area contributed by atoms with E-state index in [1.54, 1.807) is 11.3 Å². The minimum absolute atomic E-state index is 0.0222. The molecule has 0 saturated carbocycles. The van der Waals surface area contributed by atoms with E-state index < -0.39 is 11.7 Å². The zero-order valence-electron chi connectivity index (χ0n) is 20.7. The second-order valence-electron chi connectivity index (χ2n) is 10.2. The number of carbonyl (C=O) groups is 2. The first-order valence-corrected chi connectivity index (χ1v) is 13.1. The van der Waals surface area contributed by atoms with E-state index in [0.29, 0.717) is 17.2 Å². The molecule has 184 valence electrons. The summed E-state index contributed by atoms with van der Waals surface area (Å²) in [6.45, 7) is 7.65. The lowest BCUT2D eigenvalue weighted by Gasteiger charge is -2.22. The van der Waals surface area contributed by atoms with Gasteiger partial charge in [0, 0.05) is 22.5 Å². The highest BCUT2D eigenvalue weighted by atomic mass is 32.1. The van der Waals surface area contributed by atoms with E-state index in [1.807, 2.05) is 68.6 Å². The molecule has 1 saturated heterocycles. The van der Waals surface area contributed by atoms with Gasteiger partial charge in [0.1, 0.15) is 5.60 Å². The fourth-order valence-corrected chi connectivity index (χ4v) is 5.12. The van der Waals surface area contributed by atoms with E-state index in [-0.39, 0.29) is 12.2 Å². The molecular weight excluding hydrogens is 456 g/mol. The molecule has 5 nitrogen and oxygen atoms in total. The minimum atomic E-state index is -0.604. The number of carbonyl (C=O) groups excluding carboxylic acids is 2. The van der Waals surface area contributed by atoms with Crippen molar-refractivity contribution in [3.05, 3.63) is 76.7 Å². The highest BCUT2D eigenvalue weighted by molar-refractivity contribution is 7.13. The number of ketones is 1. The van der Waals surface area contributed by atoms with Crippen LogP contribution in [0.5, 0.6) is 0 Å². The van der Waals surface area contributed by atoms with Gasteiger partial charge in [0.15, 0.2) is 5.78 Å². The van der Waals surface area contributed by atoms with Crippen LogP contribution >= 0.6 is 11.3 Å². The summed E-state index contributed by atoms with van der Waals surface area (Å²) in [6.07, 6.45) is 3.13. The van der Waals surface area contributed by atoms with Crippen LogP contribution in [0.25, 0.3) is 10.4 Å². The Kier molecular flexibility index (Phi) is 8.04. The monoisotopic (exact) mass is 490 g/mol. The zero-order valence-corrected chi connectivity index (χ0v) is 21.5. The van der Waals surface area contributed by atoms with Gasteiger partial charge in [0.05, 0.1) is 0 Å². The van der Waals surface area contributed by atoms with Crippen LogP contribution in [0.2, 0.25) is 0 Å². The molecule has 1 aromatic heterocycles. The largest absolute Gasteiger partial charge is 0.444 e. The Bertz CT molecular complexity index is 1140. The Morgan fingerprint density at radius 1 is 1.06 bits per heavy atom. The van der Waals surface area contributed by atoms with Gasteiger partial charge in [-0.25, -0.2) is 4.79 Å². The number of thiophene rings is 1. The number of anilines is 1. The van der Waals surface area contributed by atoms with E-state index in [2.05, 4.69) is 22.8 Å². The van der Waals surface area contributed by atoms with Crippen LogP contribution < -0.4 is 10.6 Å². The molecule has 1 fully saturated rings. The van der Waals surface area contributed by atoms with E-state index in [1.165, 1.54) is 18.4 Å². The number of hydrogen-bond donors (Lipinski definition) is 2. The summed E-state index contributed by atoms with van der Waals surface area (Å²) < 4.78 is 5.43. The Hall–Kier alpha value is -2.96. The Balaban J connectivity index is 1.51. The number of ether oxygens (including phenoxy) is 1. The average Bonchev–Trinajstić information content (AvgIpc) is 3.35. The van der Waals surface area contributed by atoms with Gasteiger partial charge in [-0.05, 0) is 99.3 Å². The van der Waals surface area contributed by atoms with Crippen LogP contribution in [0.15, 0.2) is 60.0 Å². The zero-order chi connectivity index (χ0) is 24.8. The third-order valence-corrected chi connectivity index (χ3v) is 7.08. The van der Waals surface area contributed by atoms with E-state index >= 15 is 0 Å². The Morgan fingerprint density at radius 2 is 1.80 bits per heavy atom. The second kappa shape index (κ2) is 11.2. The van der Waals surface area contributed by atoms with Crippen molar-refractivity contribution in [1.29, 1.82) is 0 Å². The number of piperidine rings is 1. The molecule has 3 aromatic rings. The predicted molar refractivity (Wildman–Crippen MR) is 143 cm³/mol. The number of rotatable bonds is 7. The topological polar surface area (TPSA) is 67.4 Å². The average molecular weight is 491 g/mol. The van der Waals surface area contributed by atoms with Crippen LogP contribution in [-0.2, 0) is 17.6 Å². The van der Waals surface area contributed by atoms with Crippen molar-refractivity contribution in [2.45, 2.75) is 52.1 Å². The Morgan fingerprint density at radius 3 is 2.46 bits per heavy atom. The van der Waals surface area contributed by atoms with Crippen LogP contribution in [0.4, 0.5) is 10.5 Å². The molecule has 6 heteroatoms. The molecule has 1 aliphatic rings. The summed E-state index contributed by atoms with van der Waals surface area (Å²) in [5, 5.41) is 8.27. The summed E-state index contributed by atoms with van der Waals surface area (Å²) in [5.41, 5.74) is 3.74. The third-order valence-electron chi connectivity index (χ3n) is 6.16. The molecular formula is C29H34N2O3S. The molecule has 0 aliphatic carbocycles. The number of hydrogen-bond acceptors (Lipinski definition) is 5. The summed E-state index contributed by atoms with van der Waals surface area (Å²) in [5.74, 6) is 0.730. The second-order valence-corrected chi connectivity index (χ2v) is 11.1. The summed E-state index contributed by atoms with van der Waals surface area (Å²) >= 11 is 1.64. The SMILES string of the molecule is CC(C)(C)OC(=O)Nc1ccc(-c2cccs2)cc1CC(=O)c1ccc(CC2CCNCC2)cc1. The smallest absolute Gasteiger partial charge is 0.412 e. The first-order valence-electron chi connectivity index (χ1n) is 12.3. The lowest BCUT2D eigenvalue weighted by molar-refractivity contribution is 0.0635. The molecule has 4 rings (SSSR count). The Labute approximate surface area is 211 Å². The predicted octanol–water partition coefficient (Wildman–Crippen LogP) is 6.73. The van der Waals surface area contributed by atoms with Crippen LogP contribution in [0.3, 0.4) is 0 Å². The first-order chi connectivity index (χ1) is 16.8. The molecule has 0 radical (unpaired) electrons. The molecule has 2 heterocycles. The molecule has 2 N–H and O–H groups in total. The van der Waals surface area contributed by atoms with Gasteiger partial charge in [-0.1, -0.05) is 36.4 Å². The van der Waals surface area contributed by atoms with Gasteiger partial charge >= 0.3 is 6.09 Å². The molecule has 2 aromatic carbocycles. The van der Waals surface area contributed by atoms with Crippen molar-refractivity contribution in [3.63, 3.8) is 0 Å². The van der Waals surface area contributed by atoms with Crippen molar-refractivity contribution in [2.24, 2.45) is 5.92 Å². The lowest BCUT2D eigenvalue weighted by Crippen LogP contribution is -2.28. The summed E-state index contributed by atoms with van der Waals surface area (Å²) in [6, 6.07) is 17.9. The fourth-order valence-electron chi connectivity index (χ4n) is 4.39. The highest BCUT2D eigenvalue weighted by Crippen LogP contribution is 2.30. The molecule has 35 heavy (non-hydrogen) atoms. The maximum Gasteiger partial charge on any atom is 0.412 e. The first kappa shape index (κ1) is 25.1. The van der Waals surface area contributed by atoms with Crippen molar-refractivity contribution >= 4 is 28.9 Å². The maximum absolute atomic E-state index is 13.2. The summed E-state index contributed by atoms with van der Waals surface area (Å²) in [7, 11) is 0. The molecule has 0 spiro atoms. The standard InChI is InChI=1S/C29H34N2O3S/c1-29(2,3)34-28(33)31-25-11-10-23(27-5-4-16-35-27)18-24(25)19-26(32)22-8-6-20(7-9-22)17-21-12-14-30-15-13-21/h4-11,16,18,21,30H,12-15,17,19H2,1-3H3,(H,31,33). The number of nitrogens with one attached hydrogen (secondary N) is 2.